The molecule has 0 bridgehead atoms. The zero-order valence-corrected chi connectivity index (χ0v) is 14.5. The van der Waals surface area contributed by atoms with Crippen LogP contribution in [0.4, 0.5) is 10.2 Å². The lowest BCUT2D eigenvalue weighted by Crippen LogP contribution is -2.24. The minimum atomic E-state index is -0.313. The van der Waals surface area contributed by atoms with Gasteiger partial charge in [0.1, 0.15) is 23.5 Å². The van der Waals surface area contributed by atoms with Gasteiger partial charge in [0.25, 0.3) is 0 Å². The van der Waals surface area contributed by atoms with E-state index in [1.54, 1.807) is 16.8 Å². The van der Waals surface area contributed by atoms with E-state index in [4.69, 9.17) is 10.5 Å². The maximum Gasteiger partial charge on any atom is 0.160 e. The van der Waals surface area contributed by atoms with Crippen LogP contribution < -0.4 is 15.8 Å². The molecule has 2 heterocycles. The first-order valence-corrected chi connectivity index (χ1v) is 8.21. The summed E-state index contributed by atoms with van der Waals surface area (Å²) in [6.45, 7) is 6.15. The van der Waals surface area contributed by atoms with Crippen molar-refractivity contribution in [2.24, 2.45) is 5.73 Å². The Morgan fingerprint density at radius 1 is 1.32 bits per heavy atom. The first-order chi connectivity index (χ1) is 12.0. The fourth-order valence-corrected chi connectivity index (χ4v) is 2.59. The Balaban J connectivity index is 1.87. The van der Waals surface area contributed by atoms with Gasteiger partial charge in [0.15, 0.2) is 5.65 Å². The Morgan fingerprint density at radius 3 is 2.88 bits per heavy atom. The Kier molecular flexibility index (Phi) is 4.85. The van der Waals surface area contributed by atoms with E-state index in [2.05, 4.69) is 15.4 Å². The molecule has 0 fully saturated rings. The minimum Gasteiger partial charge on any atom is -0.489 e. The van der Waals surface area contributed by atoms with Crippen molar-refractivity contribution in [1.82, 2.24) is 14.6 Å². The molecule has 0 radical (unpaired) electrons. The molecule has 0 saturated heterocycles. The molecule has 2 aromatic heterocycles. The number of nitrogens with zero attached hydrogens (tertiary/aromatic N) is 3. The number of hydrogen-bond donors (Lipinski definition) is 2. The Hall–Kier alpha value is -2.67. The molecule has 0 aliphatic heterocycles. The number of fused-ring (bicyclic) bond motifs is 1. The molecule has 0 aliphatic rings. The van der Waals surface area contributed by atoms with Crippen LogP contribution in [0.25, 0.3) is 5.65 Å². The quantitative estimate of drug-likeness (QED) is 0.719. The molecule has 0 amide bonds. The van der Waals surface area contributed by atoms with E-state index >= 15 is 0 Å². The lowest BCUT2D eigenvalue weighted by molar-refractivity contribution is 0.226. The number of ether oxygens (including phenoxy) is 1. The molecule has 132 valence electrons. The Labute approximate surface area is 145 Å². The van der Waals surface area contributed by atoms with Gasteiger partial charge in [-0.1, -0.05) is 0 Å². The molecule has 0 aliphatic carbocycles. The number of rotatable bonds is 6. The lowest BCUT2D eigenvalue weighted by Gasteiger charge is -2.21. The molecular weight excluding hydrogens is 321 g/mol. The Morgan fingerprint density at radius 2 is 2.12 bits per heavy atom. The predicted molar refractivity (Wildman–Crippen MR) is 95.3 cm³/mol. The van der Waals surface area contributed by atoms with Crippen molar-refractivity contribution in [3.8, 4) is 5.75 Å². The van der Waals surface area contributed by atoms with Crippen LogP contribution in [0.3, 0.4) is 0 Å². The normalized spacial score (nSPS) is 13.6. The van der Waals surface area contributed by atoms with E-state index in [0.717, 1.165) is 11.2 Å². The van der Waals surface area contributed by atoms with Crippen LogP contribution in [0.15, 0.2) is 36.7 Å². The van der Waals surface area contributed by atoms with E-state index < -0.39 is 0 Å². The second-order valence-corrected chi connectivity index (χ2v) is 6.12. The van der Waals surface area contributed by atoms with Gasteiger partial charge in [-0.3, -0.25) is 0 Å². The zero-order chi connectivity index (χ0) is 18.0. The fourth-order valence-electron chi connectivity index (χ4n) is 2.59. The fraction of sp³-hybridized carbons (Fsp3) is 0.333. The summed E-state index contributed by atoms with van der Waals surface area (Å²) in [5.41, 5.74) is 8.11. The lowest BCUT2D eigenvalue weighted by atomic mass is 10.1. The third-order valence-electron chi connectivity index (χ3n) is 4.01. The van der Waals surface area contributed by atoms with Crippen LogP contribution in [0.5, 0.6) is 5.75 Å². The molecule has 2 atom stereocenters. The summed E-state index contributed by atoms with van der Waals surface area (Å²) in [7, 11) is 0. The van der Waals surface area contributed by atoms with Gasteiger partial charge in [0, 0.05) is 23.9 Å². The number of nitrogens with two attached hydrogens (primary N) is 1. The molecule has 6 nitrogen and oxygen atoms in total. The number of benzene rings is 1. The van der Waals surface area contributed by atoms with Crippen LogP contribution in [-0.2, 0) is 0 Å². The second kappa shape index (κ2) is 7.06. The van der Waals surface area contributed by atoms with Gasteiger partial charge in [-0.2, -0.15) is 5.10 Å². The van der Waals surface area contributed by atoms with E-state index in [0.29, 0.717) is 23.7 Å². The van der Waals surface area contributed by atoms with E-state index in [9.17, 15) is 4.39 Å². The van der Waals surface area contributed by atoms with Crippen LogP contribution in [0, 0.1) is 12.7 Å². The summed E-state index contributed by atoms with van der Waals surface area (Å²) in [6, 6.07) is 6.12. The highest BCUT2D eigenvalue weighted by Gasteiger charge is 2.16. The first kappa shape index (κ1) is 17.2. The SMILES string of the molecule is Cc1cnn2ccc(N[C@H](C)c3cc(F)ccc3O[C@@H](C)CN)nc12. The average molecular weight is 343 g/mol. The molecule has 3 aromatic rings. The van der Waals surface area contributed by atoms with Gasteiger partial charge in [-0.25, -0.2) is 13.9 Å². The van der Waals surface area contributed by atoms with Crippen molar-refractivity contribution in [2.45, 2.75) is 32.9 Å². The second-order valence-electron chi connectivity index (χ2n) is 6.12. The van der Waals surface area contributed by atoms with Gasteiger partial charge < -0.3 is 15.8 Å². The molecule has 7 heteroatoms. The molecule has 3 rings (SSSR count). The zero-order valence-electron chi connectivity index (χ0n) is 14.5. The minimum absolute atomic E-state index is 0.152. The predicted octanol–water partition coefficient (Wildman–Crippen LogP) is 3.08. The van der Waals surface area contributed by atoms with Gasteiger partial charge in [0.05, 0.1) is 12.2 Å². The average Bonchev–Trinajstić information content (AvgIpc) is 2.97. The number of anilines is 1. The third-order valence-corrected chi connectivity index (χ3v) is 4.01. The van der Waals surface area contributed by atoms with Crippen molar-refractivity contribution in [3.05, 3.63) is 53.6 Å². The molecular formula is C18H22FN5O. The summed E-state index contributed by atoms with van der Waals surface area (Å²) in [5.74, 6) is 0.984. The number of aromatic nitrogens is 3. The molecule has 3 N–H and O–H groups in total. The third kappa shape index (κ3) is 3.71. The number of halogens is 1. The summed E-state index contributed by atoms with van der Waals surface area (Å²) in [4.78, 5) is 4.56. The largest absolute Gasteiger partial charge is 0.489 e. The smallest absolute Gasteiger partial charge is 0.160 e. The van der Waals surface area contributed by atoms with E-state index in [1.807, 2.05) is 33.0 Å². The van der Waals surface area contributed by atoms with E-state index in [1.165, 1.54) is 12.1 Å². The molecule has 25 heavy (non-hydrogen) atoms. The molecule has 0 spiro atoms. The van der Waals surface area contributed by atoms with Crippen LogP contribution in [0.1, 0.15) is 31.0 Å². The Bertz CT molecular complexity index is 879. The summed E-state index contributed by atoms with van der Waals surface area (Å²) >= 11 is 0. The maximum atomic E-state index is 13.7. The maximum absolute atomic E-state index is 13.7. The highest BCUT2D eigenvalue weighted by molar-refractivity contribution is 5.52. The topological polar surface area (TPSA) is 77.5 Å². The number of nitrogens with one attached hydrogen (secondary N) is 1. The highest BCUT2D eigenvalue weighted by Crippen LogP contribution is 2.29. The van der Waals surface area contributed by atoms with Crippen molar-refractivity contribution >= 4 is 11.5 Å². The van der Waals surface area contributed by atoms with Crippen molar-refractivity contribution < 1.29 is 9.13 Å². The summed E-state index contributed by atoms with van der Waals surface area (Å²) in [5, 5.41) is 7.51. The standard InChI is InChI=1S/C18H22FN5O/c1-11-10-21-24-7-6-17(23-18(11)24)22-13(3)15-8-14(19)4-5-16(15)25-12(2)9-20/h4-8,10,12-13H,9,20H2,1-3H3,(H,22,23)/t12-,13+/m0/s1. The monoisotopic (exact) mass is 343 g/mol. The van der Waals surface area contributed by atoms with E-state index in [-0.39, 0.29) is 18.0 Å². The van der Waals surface area contributed by atoms with Gasteiger partial charge in [-0.15, -0.1) is 0 Å². The van der Waals surface area contributed by atoms with Gasteiger partial charge in [-0.05, 0) is 45.0 Å². The van der Waals surface area contributed by atoms with Crippen molar-refractivity contribution in [1.29, 1.82) is 0 Å². The van der Waals surface area contributed by atoms with Gasteiger partial charge in [0.2, 0.25) is 0 Å². The van der Waals surface area contributed by atoms with Crippen molar-refractivity contribution in [3.63, 3.8) is 0 Å². The number of aryl methyl sites for hydroxylation is 1. The summed E-state index contributed by atoms with van der Waals surface area (Å²) < 4.78 is 21.3. The van der Waals surface area contributed by atoms with Gasteiger partial charge >= 0.3 is 0 Å². The highest BCUT2D eigenvalue weighted by atomic mass is 19.1. The first-order valence-electron chi connectivity index (χ1n) is 8.21. The molecule has 0 unspecified atom stereocenters. The molecule has 0 saturated carbocycles. The van der Waals surface area contributed by atoms with Crippen molar-refractivity contribution in [2.75, 3.05) is 11.9 Å². The van der Waals surface area contributed by atoms with Crippen LogP contribution in [-0.4, -0.2) is 27.2 Å². The van der Waals surface area contributed by atoms with Crippen LogP contribution >= 0.6 is 0 Å². The van der Waals surface area contributed by atoms with Crippen LogP contribution in [0.2, 0.25) is 0 Å². The summed E-state index contributed by atoms with van der Waals surface area (Å²) in [6.07, 6.45) is 3.45. The molecule has 1 aromatic carbocycles. The number of hydrogen-bond acceptors (Lipinski definition) is 5.